The second-order valence-electron chi connectivity index (χ2n) is 4.58. The Morgan fingerprint density at radius 3 is 2.70 bits per heavy atom. The van der Waals surface area contributed by atoms with Crippen LogP contribution in [0, 0.1) is 0 Å². The molecule has 108 valence electrons. The number of amides is 2. The lowest BCUT2D eigenvalue weighted by Gasteiger charge is -2.18. The van der Waals surface area contributed by atoms with Gasteiger partial charge in [0.2, 0.25) is 11.8 Å². The van der Waals surface area contributed by atoms with Crippen molar-refractivity contribution in [3.8, 4) is 0 Å². The molecule has 2 amide bonds. The minimum atomic E-state index is -0.508. The molecule has 1 rings (SSSR count). The van der Waals surface area contributed by atoms with Gasteiger partial charge in [0.05, 0.1) is 6.54 Å². The SMILES string of the molecule is CCCCN(CC(N)=O)C(=O)/C=C/c1cccc(N)c1. The summed E-state index contributed by atoms with van der Waals surface area (Å²) in [6, 6.07) is 7.22. The topological polar surface area (TPSA) is 89.4 Å². The van der Waals surface area contributed by atoms with Crippen LogP contribution in [-0.2, 0) is 9.59 Å². The lowest BCUT2D eigenvalue weighted by atomic mass is 10.2. The van der Waals surface area contributed by atoms with Gasteiger partial charge < -0.3 is 16.4 Å². The summed E-state index contributed by atoms with van der Waals surface area (Å²) in [6.45, 7) is 2.50. The summed E-state index contributed by atoms with van der Waals surface area (Å²) in [6.07, 6.45) is 4.90. The summed E-state index contributed by atoms with van der Waals surface area (Å²) in [5, 5.41) is 0. The molecule has 0 saturated carbocycles. The van der Waals surface area contributed by atoms with Crippen LogP contribution in [0.2, 0.25) is 0 Å². The van der Waals surface area contributed by atoms with E-state index in [1.807, 2.05) is 19.1 Å². The highest BCUT2D eigenvalue weighted by Gasteiger charge is 2.12. The molecule has 0 bridgehead atoms. The first-order valence-corrected chi connectivity index (χ1v) is 6.63. The Labute approximate surface area is 119 Å². The summed E-state index contributed by atoms with van der Waals surface area (Å²) in [5.74, 6) is -0.730. The third-order valence-electron chi connectivity index (χ3n) is 2.77. The number of hydrogen-bond donors (Lipinski definition) is 2. The smallest absolute Gasteiger partial charge is 0.247 e. The quantitative estimate of drug-likeness (QED) is 0.582. The molecule has 0 fully saturated rings. The highest BCUT2D eigenvalue weighted by atomic mass is 16.2. The number of carbonyl (C=O) groups is 2. The number of primary amides is 1. The number of unbranched alkanes of at least 4 members (excludes halogenated alkanes) is 1. The van der Waals surface area contributed by atoms with Crippen LogP contribution in [0.25, 0.3) is 6.08 Å². The lowest BCUT2D eigenvalue weighted by Crippen LogP contribution is -2.38. The Morgan fingerprint density at radius 2 is 2.10 bits per heavy atom. The average molecular weight is 275 g/mol. The standard InChI is InChI=1S/C15H21N3O2/c1-2-3-9-18(11-14(17)19)15(20)8-7-12-5-4-6-13(16)10-12/h4-8,10H,2-3,9,11,16H2,1H3,(H2,17,19)/b8-7+. The monoisotopic (exact) mass is 275 g/mol. The van der Waals surface area contributed by atoms with E-state index in [1.54, 1.807) is 18.2 Å². The van der Waals surface area contributed by atoms with Crippen molar-refractivity contribution in [3.05, 3.63) is 35.9 Å². The second-order valence-corrected chi connectivity index (χ2v) is 4.58. The number of hydrogen-bond acceptors (Lipinski definition) is 3. The molecule has 0 aliphatic carbocycles. The van der Waals surface area contributed by atoms with E-state index in [-0.39, 0.29) is 12.5 Å². The molecule has 1 aromatic rings. The zero-order chi connectivity index (χ0) is 15.0. The first kappa shape index (κ1) is 15.8. The Morgan fingerprint density at radius 1 is 1.35 bits per heavy atom. The third kappa shape index (κ3) is 5.56. The van der Waals surface area contributed by atoms with Gasteiger partial charge in [0.1, 0.15) is 0 Å². The lowest BCUT2D eigenvalue weighted by molar-refractivity contribution is -0.131. The van der Waals surface area contributed by atoms with E-state index in [9.17, 15) is 9.59 Å². The maximum absolute atomic E-state index is 12.0. The number of nitrogen functional groups attached to an aromatic ring is 1. The molecule has 0 radical (unpaired) electrons. The molecule has 4 N–H and O–H groups in total. The van der Waals surface area contributed by atoms with Gasteiger partial charge in [-0.2, -0.15) is 0 Å². The van der Waals surface area contributed by atoms with Gasteiger partial charge in [-0.1, -0.05) is 25.5 Å². The van der Waals surface area contributed by atoms with Crippen LogP contribution >= 0.6 is 0 Å². The van der Waals surface area contributed by atoms with Gasteiger partial charge in [0.15, 0.2) is 0 Å². The second kappa shape index (κ2) is 7.99. The highest BCUT2D eigenvalue weighted by Crippen LogP contribution is 2.08. The van der Waals surface area contributed by atoms with Gasteiger partial charge >= 0.3 is 0 Å². The fourth-order valence-corrected chi connectivity index (χ4v) is 1.74. The Hall–Kier alpha value is -2.30. The van der Waals surface area contributed by atoms with Gasteiger partial charge in [0, 0.05) is 18.3 Å². The van der Waals surface area contributed by atoms with Gasteiger partial charge in [-0.05, 0) is 30.2 Å². The Balaban J connectivity index is 2.71. The van der Waals surface area contributed by atoms with E-state index in [4.69, 9.17) is 11.5 Å². The van der Waals surface area contributed by atoms with Gasteiger partial charge in [-0.15, -0.1) is 0 Å². The summed E-state index contributed by atoms with van der Waals surface area (Å²) in [5.41, 5.74) is 12.3. The van der Waals surface area contributed by atoms with Crippen LogP contribution < -0.4 is 11.5 Å². The van der Waals surface area contributed by atoms with Gasteiger partial charge in [-0.25, -0.2) is 0 Å². The number of benzene rings is 1. The van der Waals surface area contributed by atoms with E-state index < -0.39 is 5.91 Å². The third-order valence-corrected chi connectivity index (χ3v) is 2.77. The molecule has 0 heterocycles. The minimum absolute atomic E-state index is 0.0555. The largest absolute Gasteiger partial charge is 0.399 e. The van der Waals surface area contributed by atoms with Crippen molar-refractivity contribution in [2.75, 3.05) is 18.8 Å². The van der Waals surface area contributed by atoms with Crippen LogP contribution in [0.3, 0.4) is 0 Å². The first-order chi connectivity index (χ1) is 9.52. The fraction of sp³-hybridized carbons (Fsp3) is 0.333. The van der Waals surface area contributed by atoms with Gasteiger partial charge in [0.25, 0.3) is 0 Å². The molecule has 0 atom stereocenters. The normalized spacial score (nSPS) is 10.7. The minimum Gasteiger partial charge on any atom is -0.399 e. The molecular formula is C15H21N3O2. The molecule has 0 unspecified atom stereocenters. The predicted octanol–water partition coefficient (Wildman–Crippen LogP) is 1.40. The molecular weight excluding hydrogens is 254 g/mol. The van der Waals surface area contributed by atoms with Crippen LogP contribution in [0.1, 0.15) is 25.3 Å². The predicted molar refractivity (Wildman–Crippen MR) is 80.6 cm³/mol. The highest BCUT2D eigenvalue weighted by molar-refractivity contribution is 5.94. The Kier molecular flexibility index (Phi) is 6.29. The molecule has 0 aromatic heterocycles. The molecule has 0 aliphatic rings. The van der Waals surface area contributed by atoms with E-state index in [0.717, 1.165) is 18.4 Å². The number of nitrogens with two attached hydrogens (primary N) is 2. The average Bonchev–Trinajstić information content (AvgIpc) is 2.40. The molecule has 20 heavy (non-hydrogen) atoms. The van der Waals surface area contributed by atoms with Crippen LogP contribution in [0.15, 0.2) is 30.3 Å². The molecule has 0 aliphatic heterocycles. The molecule has 0 saturated heterocycles. The number of nitrogens with zero attached hydrogens (tertiary/aromatic N) is 1. The van der Waals surface area contributed by atoms with Gasteiger partial charge in [-0.3, -0.25) is 9.59 Å². The van der Waals surface area contributed by atoms with Crippen LogP contribution in [0.5, 0.6) is 0 Å². The number of anilines is 1. The van der Waals surface area contributed by atoms with E-state index in [2.05, 4.69) is 0 Å². The van der Waals surface area contributed by atoms with Crippen molar-refractivity contribution >= 4 is 23.6 Å². The summed E-state index contributed by atoms with van der Waals surface area (Å²) in [7, 11) is 0. The van der Waals surface area contributed by atoms with Crippen molar-refractivity contribution in [3.63, 3.8) is 0 Å². The van der Waals surface area contributed by atoms with Crippen molar-refractivity contribution in [2.45, 2.75) is 19.8 Å². The molecule has 5 nitrogen and oxygen atoms in total. The van der Waals surface area contributed by atoms with Crippen molar-refractivity contribution < 1.29 is 9.59 Å². The fourth-order valence-electron chi connectivity index (χ4n) is 1.74. The maximum Gasteiger partial charge on any atom is 0.247 e. The van der Waals surface area contributed by atoms with E-state index in [1.165, 1.54) is 11.0 Å². The summed E-state index contributed by atoms with van der Waals surface area (Å²) < 4.78 is 0. The van der Waals surface area contributed by atoms with Crippen molar-refractivity contribution in [2.24, 2.45) is 5.73 Å². The number of carbonyl (C=O) groups excluding carboxylic acids is 2. The number of rotatable bonds is 7. The Bertz CT molecular complexity index is 498. The van der Waals surface area contributed by atoms with Crippen LogP contribution in [0.4, 0.5) is 5.69 Å². The maximum atomic E-state index is 12.0. The van der Waals surface area contributed by atoms with E-state index in [0.29, 0.717) is 12.2 Å². The molecule has 0 spiro atoms. The van der Waals surface area contributed by atoms with Crippen molar-refractivity contribution in [1.82, 2.24) is 4.90 Å². The zero-order valence-corrected chi connectivity index (χ0v) is 11.7. The summed E-state index contributed by atoms with van der Waals surface area (Å²) >= 11 is 0. The summed E-state index contributed by atoms with van der Waals surface area (Å²) in [4.78, 5) is 24.5. The van der Waals surface area contributed by atoms with Crippen molar-refractivity contribution in [1.29, 1.82) is 0 Å². The molecule has 5 heteroatoms. The van der Waals surface area contributed by atoms with E-state index >= 15 is 0 Å². The van der Waals surface area contributed by atoms with Crippen LogP contribution in [-0.4, -0.2) is 29.8 Å². The zero-order valence-electron chi connectivity index (χ0n) is 11.7. The first-order valence-electron chi connectivity index (χ1n) is 6.63. The molecule has 1 aromatic carbocycles.